The standard InChI is InChI=1S/C24H26ClN5O2S/c1-4-18(5-2)30-22(14-32-20-9-7-6-8-19(20)25)27-28-24(30)33-15-17-12-23(31)29-13-16(3)10-11-21(29)26-17/h6-13,18H,4-5,14-15H2,1-3H3. The van der Waals surface area contributed by atoms with Crippen LogP contribution in [0.15, 0.2) is 58.6 Å². The molecule has 3 aromatic heterocycles. The van der Waals surface area contributed by atoms with Gasteiger partial charge in [-0.1, -0.05) is 55.4 Å². The lowest BCUT2D eigenvalue weighted by Crippen LogP contribution is -2.16. The summed E-state index contributed by atoms with van der Waals surface area (Å²) in [6, 6.07) is 13.0. The van der Waals surface area contributed by atoms with Crippen molar-refractivity contribution >= 4 is 29.0 Å². The van der Waals surface area contributed by atoms with Crippen molar-refractivity contribution in [3.8, 4) is 5.75 Å². The third-order valence-corrected chi connectivity index (χ3v) is 6.73. The van der Waals surface area contributed by atoms with E-state index in [4.69, 9.17) is 16.3 Å². The summed E-state index contributed by atoms with van der Waals surface area (Å²) in [7, 11) is 0. The molecule has 3 heterocycles. The van der Waals surface area contributed by atoms with Crippen LogP contribution < -0.4 is 10.3 Å². The third kappa shape index (κ3) is 5.23. The van der Waals surface area contributed by atoms with Crippen molar-refractivity contribution in [1.29, 1.82) is 0 Å². The minimum Gasteiger partial charge on any atom is -0.484 e. The van der Waals surface area contributed by atoms with Crippen molar-refractivity contribution in [3.05, 3.63) is 81.1 Å². The fourth-order valence-corrected chi connectivity index (χ4v) is 4.81. The molecular weight excluding hydrogens is 458 g/mol. The number of hydrogen-bond acceptors (Lipinski definition) is 6. The van der Waals surface area contributed by atoms with Gasteiger partial charge in [0.05, 0.1) is 10.7 Å². The molecule has 7 nitrogen and oxygen atoms in total. The van der Waals surface area contributed by atoms with Crippen LogP contribution in [0.1, 0.15) is 49.8 Å². The Morgan fingerprint density at radius 1 is 1.12 bits per heavy atom. The molecule has 0 bridgehead atoms. The molecule has 4 aromatic rings. The van der Waals surface area contributed by atoms with Crippen LogP contribution >= 0.6 is 23.4 Å². The Bertz CT molecular complexity index is 1320. The van der Waals surface area contributed by atoms with Crippen LogP contribution in [0.3, 0.4) is 0 Å². The number of nitrogens with zero attached hydrogens (tertiary/aromatic N) is 5. The number of halogens is 1. The van der Waals surface area contributed by atoms with Crippen molar-refractivity contribution in [1.82, 2.24) is 24.1 Å². The number of benzene rings is 1. The third-order valence-electron chi connectivity index (χ3n) is 5.45. The molecule has 172 valence electrons. The minimum atomic E-state index is -0.0883. The zero-order valence-corrected chi connectivity index (χ0v) is 20.4. The second-order valence-electron chi connectivity index (χ2n) is 7.77. The summed E-state index contributed by atoms with van der Waals surface area (Å²) in [6.07, 6.45) is 3.68. The van der Waals surface area contributed by atoms with Gasteiger partial charge in [0.1, 0.15) is 18.0 Å². The van der Waals surface area contributed by atoms with Crippen LogP contribution in [0.5, 0.6) is 5.75 Å². The summed E-state index contributed by atoms with van der Waals surface area (Å²) < 4.78 is 9.64. The first-order valence-electron chi connectivity index (χ1n) is 10.9. The number of para-hydroxylation sites is 1. The first-order valence-corrected chi connectivity index (χ1v) is 12.3. The SMILES string of the molecule is CCC(CC)n1c(COc2ccccc2Cl)nnc1SCc1cc(=O)n2cc(C)ccc2n1. The van der Waals surface area contributed by atoms with Crippen LogP contribution in [-0.2, 0) is 12.4 Å². The minimum absolute atomic E-state index is 0.0883. The zero-order chi connectivity index (χ0) is 23.4. The predicted molar refractivity (Wildman–Crippen MR) is 131 cm³/mol. The fourth-order valence-electron chi connectivity index (χ4n) is 3.70. The molecule has 0 amide bonds. The maximum atomic E-state index is 12.5. The molecule has 0 saturated carbocycles. The van der Waals surface area contributed by atoms with E-state index >= 15 is 0 Å². The van der Waals surface area contributed by atoms with Gasteiger partial charge in [-0.15, -0.1) is 10.2 Å². The smallest absolute Gasteiger partial charge is 0.258 e. The normalized spacial score (nSPS) is 11.4. The van der Waals surface area contributed by atoms with E-state index in [9.17, 15) is 4.79 Å². The van der Waals surface area contributed by atoms with E-state index < -0.39 is 0 Å². The Morgan fingerprint density at radius 3 is 2.67 bits per heavy atom. The van der Waals surface area contributed by atoms with Crippen LogP contribution in [0.2, 0.25) is 5.02 Å². The predicted octanol–water partition coefficient (Wildman–Crippen LogP) is 5.48. The Morgan fingerprint density at radius 2 is 1.91 bits per heavy atom. The number of rotatable bonds is 9. The molecule has 0 fully saturated rings. The van der Waals surface area contributed by atoms with Crippen molar-refractivity contribution in [3.63, 3.8) is 0 Å². The lowest BCUT2D eigenvalue weighted by Gasteiger charge is -2.19. The lowest BCUT2D eigenvalue weighted by atomic mass is 10.2. The lowest BCUT2D eigenvalue weighted by molar-refractivity contribution is 0.278. The molecule has 1 aromatic carbocycles. The van der Waals surface area contributed by atoms with Crippen molar-refractivity contribution in [2.45, 2.75) is 57.2 Å². The van der Waals surface area contributed by atoms with Crippen LogP contribution in [-0.4, -0.2) is 24.1 Å². The van der Waals surface area contributed by atoms with Gasteiger partial charge in [-0.05, 0) is 43.5 Å². The van der Waals surface area contributed by atoms with Gasteiger partial charge in [0, 0.05) is 24.1 Å². The molecule has 0 spiro atoms. The topological polar surface area (TPSA) is 74.3 Å². The van der Waals surface area contributed by atoms with E-state index in [-0.39, 0.29) is 18.2 Å². The van der Waals surface area contributed by atoms with Crippen LogP contribution in [0, 0.1) is 6.92 Å². The van der Waals surface area contributed by atoms with Crippen LogP contribution in [0.4, 0.5) is 0 Å². The highest BCUT2D eigenvalue weighted by Gasteiger charge is 2.20. The van der Waals surface area contributed by atoms with Crippen molar-refractivity contribution < 1.29 is 4.74 Å². The molecule has 33 heavy (non-hydrogen) atoms. The number of aryl methyl sites for hydroxylation is 1. The maximum Gasteiger partial charge on any atom is 0.258 e. The summed E-state index contributed by atoms with van der Waals surface area (Å²) >= 11 is 7.75. The quantitative estimate of drug-likeness (QED) is 0.293. The van der Waals surface area contributed by atoms with Gasteiger partial charge in [-0.2, -0.15) is 0 Å². The Kier molecular flexibility index (Phi) is 7.35. The Labute approximate surface area is 201 Å². The summed E-state index contributed by atoms with van der Waals surface area (Å²) in [5, 5.41) is 10.2. The molecule has 0 saturated heterocycles. The first-order chi connectivity index (χ1) is 16.0. The number of fused-ring (bicyclic) bond motifs is 1. The molecule has 0 N–H and O–H groups in total. The van der Waals surface area contributed by atoms with Gasteiger partial charge in [0.15, 0.2) is 11.0 Å². The summed E-state index contributed by atoms with van der Waals surface area (Å²) in [4.78, 5) is 17.2. The summed E-state index contributed by atoms with van der Waals surface area (Å²) in [5.74, 6) is 1.88. The molecule has 9 heteroatoms. The van der Waals surface area contributed by atoms with Gasteiger partial charge < -0.3 is 9.30 Å². The largest absolute Gasteiger partial charge is 0.484 e. The van der Waals surface area contributed by atoms with Gasteiger partial charge in [-0.25, -0.2) is 4.98 Å². The fraction of sp³-hybridized carbons (Fsp3) is 0.333. The van der Waals surface area contributed by atoms with Crippen molar-refractivity contribution in [2.24, 2.45) is 0 Å². The molecule has 0 atom stereocenters. The first kappa shape index (κ1) is 23.3. The molecule has 0 radical (unpaired) electrons. The van der Waals surface area contributed by atoms with Gasteiger partial charge in [0.25, 0.3) is 5.56 Å². The van der Waals surface area contributed by atoms with E-state index in [0.29, 0.717) is 27.9 Å². The molecule has 4 rings (SSSR count). The van der Waals surface area contributed by atoms with Gasteiger partial charge in [0.2, 0.25) is 0 Å². The number of aromatic nitrogens is 5. The molecular formula is C24H26ClN5O2S. The average Bonchev–Trinajstić information content (AvgIpc) is 3.21. The Hall–Kier alpha value is -2.84. The molecule has 0 aliphatic carbocycles. The van der Waals surface area contributed by atoms with E-state index in [1.165, 1.54) is 11.8 Å². The van der Waals surface area contributed by atoms with E-state index in [1.807, 2.05) is 37.3 Å². The molecule has 0 aliphatic heterocycles. The highest BCUT2D eigenvalue weighted by atomic mass is 35.5. The number of ether oxygens (including phenoxy) is 1. The maximum absolute atomic E-state index is 12.5. The number of pyridine rings is 1. The van der Waals surface area contributed by atoms with E-state index in [2.05, 4.69) is 33.6 Å². The number of thioether (sulfide) groups is 1. The monoisotopic (exact) mass is 483 g/mol. The second-order valence-corrected chi connectivity index (χ2v) is 9.12. The average molecular weight is 484 g/mol. The van der Waals surface area contributed by atoms with Gasteiger partial charge in [-0.3, -0.25) is 9.20 Å². The van der Waals surface area contributed by atoms with E-state index in [1.54, 1.807) is 22.7 Å². The van der Waals surface area contributed by atoms with Gasteiger partial charge >= 0.3 is 0 Å². The number of hydrogen-bond donors (Lipinski definition) is 0. The summed E-state index contributed by atoms with van der Waals surface area (Å²) in [6.45, 7) is 6.51. The van der Waals surface area contributed by atoms with E-state index in [0.717, 1.165) is 29.4 Å². The van der Waals surface area contributed by atoms with Crippen molar-refractivity contribution in [2.75, 3.05) is 0 Å². The summed E-state index contributed by atoms with van der Waals surface area (Å²) in [5.41, 5.74) is 2.27. The van der Waals surface area contributed by atoms with Crippen LogP contribution in [0.25, 0.3) is 5.65 Å². The zero-order valence-electron chi connectivity index (χ0n) is 18.9. The molecule has 0 unspecified atom stereocenters. The second kappa shape index (κ2) is 10.4. The molecule has 0 aliphatic rings. The highest BCUT2D eigenvalue weighted by Crippen LogP contribution is 2.29. The Balaban J connectivity index is 1.57. The highest BCUT2D eigenvalue weighted by molar-refractivity contribution is 7.98.